The standard InChI is InChI=1S/C62H37N5O/c1-3-15-39(16-4-1)58-50-31-30-48-52-37-45(29-33-56(52)68-59(48)57(50)49-23-9-11-24-53(49)63-58)62-65-60(43-19-13-18-41(35-43)42-27-26-38-14-7-8-17-40(38)34-42)64-61(66-62)44-28-32-55-51(36-44)47-22-10-12-25-54(47)67(55)46-20-5-2-6-21-46/h1-37H. The van der Waals surface area contributed by atoms with Crippen LogP contribution in [0.1, 0.15) is 0 Å². The first-order valence-corrected chi connectivity index (χ1v) is 22.9. The molecule has 4 heterocycles. The Balaban J connectivity index is 0.967. The number of benzene rings is 10. The lowest BCUT2D eigenvalue weighted by atomic mass is 9.97. The third-order valence-electron chi connectivity index (χ3n) is 13.4. The molecule has 0 aliphatic heterocycles. The summed E-state index contributed by atoms with van der Waals surface area (Å²) in [7, 11) is 0. The zero-order valence-corrected chi connectivity index (χ0v) is 36.5. The van der Waals surface area contributed by atoms with Crippen molar-refractivity contribution in [3.63, 3.8) is 0 Å². The van der Waals surface area contributed by atoms with Gasteiger partial charge in [0.15, 0.2) is 17.5 Å². The summed E-state index contributed by atoms with van der Waals surface area (Å²) in [6.45, 7) is 0. The largest absolute Gasteiger partial charge is 0.455 e. The van der Waals surface area contributed by atoms with E-state index in [0.29, 0.717) is 17.5 Å². The smallest absolute Gasteiger partial charge is 0.164 e. The minimum Gasteiger partial charge on any atom is -0.455 e. The summed E-state index contributed by atoms with van der Waals surface area (Å²) in [5.41, 5.74) is 12.8. The molecule has 0 saturated heterocycles. The van der Waals surface area contributed by atoms with Crippen LogP contribution in [-0.2, 0) is 0 Å². The van der Waals surface area contributed by atoms with Gasteiger partial charge in [0, 0.05) is 65.6 Å². The molecule has 0 aliphatic rings. The molecule has 6 heteroatoms. The maximum Gasteiger partial charge on any atom is 0.164 e. The monoisotopic (exact) mass is 867 g/mol. The summed E-state index contributed by atoms with van der Waals surface area (Å²) >= 11 is 0. The molecule has 14 rings (SSSR count). The van der Waals surface area contributed by atoms with Gasteiger partial charge in [-0.1, -0.05) is 146 Å². The molecule has 0 N–H and O–H groups in total. The molecule has 316 valence electrons. The van der Waals surface area contributed by atoms with Crippen LogP contribution in [0.4, 0.5) is 0 Å². The number of hydrogen-bond donors (Lipinski definition) is 0. The minimum atomic E-state index is 0.575. The number of aromatic nitrogens is 5. The number of furan rings is 1. The number of fused-ring (bicyclic) bond motifs is 11. The fraction of sp³-hybridized carbons (Fsp3) is 0. The Morgan fingerprint density at radius 1 is 0.324 bits per heavy atom. The summed E-state index contributed by atoms with van der Waals surface area (Å²) in [6.07, 6.45) is 0. The number of para-hydroxylation sites is 3. The van der Waals surface area contributed by atoms with Crippen molar-refractivity contribution in [2.45, 2.75) is 0 Å². The summed E-state index contributed by atoms with van der Waals surface area (Å²) in [6, 6.07) is 78.6. The Morgan fingerprint density at radius 3 is 1.74 bits per heavy atom. The van der Waals surface area contributed by atoms with Crippen molar-refractivity contribution in [2.75, 3.05) is 0 Å². The predicted molar refractivity (Wildman–Crippen MR) is 279 cm³/mol. The highest BCUT2D eigenvalue weighted by molar-refractivity contribution is 6.25. The lowest BCUT2D eigenvalue weighted by molar-refractivity contribution is 0.673. The van der Waals surface area contributed by atoms with Crippen molar-refractivity contribution in [1.29, 1.82) is 0 Å². The van der Waals surface area contributed by atoms with Crippen LogP contribution in [-0.4, -0.2) is 24.5 Å². The van der Waals surface area contributed by atoms with E-state index in [4.69, 9.17) is 24.4 Å². The first-order chi connectivity index (χ1) is 33.7. The van der Waals surface area contributed by atoms with Crippen LogP contribution in [0.3, 0.4) is 0 Å². The third kappa shape index (κ3) is 6.12. The van der Waals surface area contributed by atoms with Gasteiger partial charge in [-0.2, -0.15) is 0 Å². The van der Waals surface area contributed by atoms with Crippen LogP contribution in [0.2, 0.25) is 0 Å². The summed E-state index contributed by atoms with van der Waals surface area (Å²) in [5.74, 6) is 1.76. The molecule has 0 radical (unpaired) electrons. The lowest BCUT2D eigenvalue weighted by Gasteiger charge is -2.11. The molecule has 10 aromatic carbocycles. The predicted octanol–water partition coefficient (Wildman–Crippen LogP) is 16.1. The van der Waals surface area contributed by atoms with E-state index in [1.807, 2.05) is 18.2 Å². The number of rotatable bonds is 6. The van der Waals surface area contributed by atoms with Gasteiger partial charge < -0.3 is 8.98 Å². The Bertz CT molecular complexity index is 4330. The Labute approximate surface area is 390 Å². The summed E-state index contributed by atoms with van der Waals surface area (Å²) < 4.78 is 9.18. The van der Waals surface area contributed by atoms with Crippen LogP contribution >= 0.6 is 0 Å². The summed E-state index contributed by atoms with van der Waals surface area (Å²) in [4.78, 5) is 21.0. The van der Waals surface area contributed by atoms with Crippen LogP contribution in [0.15, 0.2) is 229 Å². The normalized spacial score (nSPS) is 11.8. The minimum absolute atomic E-state index is 0.575. The zero-order valence-electron chi connectivity index (χ0n) is 36.5. The van der Waals surface area contributed by atoms with Crippen molar-refractivity contribution >= 4 is 76.2 Å². The first-order valence-electron chi connectivity index (χ1n) is 22.9. The lowest BCUT2D eigenvalue weighted by Crippen LogP contribution is -2.00. The number of hydrogen-bond acceptors (Lipinski definition) is 5. The molecule has 0 bridgehead atoms. The Kier molecular flexibility index (Phi) is 8.48. The van der Waals surface area contributed by atoms with Gasteiger partial charge in [0.05, 0.1) is 22.2 Å². The fourth-order valence-corrected chi connectivity index (χ4v) is 10.2. The van der Waals surface area contributed by atoms with E-state index in [2.05, 4.69) is 211 Å². The second kappa shape index (κ2) is 15.2. The molecular weight excluding hydrogens is 831 g/mol. The van der Waals surface area contributed by atoms with Crippen LogP contribution in [0.5, 0.6) is 0 Å². The van der Waals surface area contributed by atoms with E-state index < -0.39 is 0 Å². The van der Waals surface area contributed by atoms with Gasteiger partial charge in [0.25, 0.3) is 0 Å². The maximum absolute atomic E-state index is 6.85. The van der Waals surface area contributed by atoms with Gasteiger partial charge in [-0.05, 0) is 101 Å². The van der Waals surface area contributed by atoms with Crippen LogP contribution in [0, 0.1) is 0 Å². The average molecular weight is 868 g/mol. The summed E-state index contributed by atoms with van der Waals surface area (Å²) in [5, 5.41) is 9.83. The Hall–Kier alpha value is -9.26. The number of pyridine rings is 1. The molecule has 4 aromatic heterocycles. The van der Waals surface area contributed by atoms with E-state index in [0.717, 1.165) is 110 Å². The topological polar surface area (TPSA) is 69.6 Å². The molecule has 0 atom stereocenters. The number of nitrogens with zero attached hydrogens (tertiary/aromatic N) is 5. The Morgan fingerprint density at radius 2 is 0.912 bits per heavy atom. The van der Waals surface area contributed by atoms with Gasteiger partial charge in [-0.25, -0.2) is 19.9 Å². The molecule has 0 saturated carbocycles. The third-order valence-corrected chi connectivity index (χ3v) is 13.4. The van der Waals surface area contributed by atoms with Crippen molar-refractivity contribution in [3.05, 3.63) is 224 Å². The van der Waals surface area contributed by atoms with E-state index >= 15 is 0 Å². The second-order valence-corrected chi connectivity index (χ2v) is 17.4. The fourth-order valence-electron chi connectivity index (χ4n) is 10.2. The molecule has 14 aromatic rings. The molecule has 0 unspecified atom stereocenters. The van der Waals surface area contributed by atoms with E-state index in [-0.39, 0.29) is 0 Å². The van der Waals surface area contributed by atoms with Gasteiger partial charge in [-0.3, -0.25) is 0 Å². The molecule has 0 amide bonds. The molecule has 0 aliphatic carbocycles. The highest BCUT2D eigenvalue weighted by atomic mass is 16.3. The van der Waals surface area contributed by atoms with Crippen LogP contribution in [0.25, 0.3) is 138 Å². The molecule has 0 spiro atoms. The van der Waals surface area contributed by atoms with Gasteiger partial charge in [0.2, 0.25) is 0 Å². The highest BCUT2D eigenvalue weighted by Crippen LogP contribution is 2.42. The van der Waals surface area contributed by atoms with E-state index in [1.165, 1.54) is 10.8 Å². The van der Waals surface area contributed by atoms with Gasteiger partial charge >= 0.3 is 0 Å². The first kappa shape index (κ1) is 38.1. The quantitative estimate of drug-likeness (QED) is 0.156. The average Bonchev–Trinajstić information content (AvgIpc) is 3.96. The molecule has 68 heavy (non-hydrogen) atoms. The van der Waals surface area contributed by atoms with E-state index in [1.54, 1.807) is 0 Å². The van der Waals surface area contributed by atoms with Crippen molar-refractivity contribution in [3.8, 4) is 62.2 Å². The van der Waals surface area contributed by atoms with Crippen LogP contribution < -0.4 is 0 Å². The van der Waals surface area contributed by atoms with E-state index in [9.17, 15) is 0 Å². The SMILES string of the molecule is c1ccc(-c2nc3ccccc3c3c2ccc2c4cc(-c5nc(-c6cccc(-c7ccc8ccccc8c7)c6)nc(-c6ccc7c(c6)c6ccccc6n7-c6ccccc6)n5)ccc4oc23)cc1. The molecule has 6 nitrogen and oxygen atoms in total. The zero-order chi connectivity index (χ0) is 44.7. The molecular formula is C62H37N5O. The molecule has 0 fully saturated rings. The maximum atomic E-state index is 6.85. The van der Waals surface area contributed by atoms with Gasteiger partial charge in [-0.15, -0.1) is 0 Å². The highest BCUT2D eigenvalue weighted by Gasteiger charge is 2.21. The van der Waals surface area contributed by atoms with Gasteiger partial charge in [0.1, 0.15) is 11.2 Å². The second-order valence-electron chi connectivity index (χ2n) is 17.4. The van der Waals surface area contributed by atoms with Crippen molar-refractivity contribution < 1.29 is 4.42 Å². The van der Waals surface area contributed by atoms with Crippen molar-refractivity contribution in [2.24, 2.45) is 0 Å². The van der Waals surface area contributed by atoms with Crippen molar-refractivity contribution in [1.82, 2.24) is 24.5 Å².